The van der Waals surface area contributed by atoms with Crippen LogP contribution in [0.2, 0.25) is 0 Å². The van der Waals surface area contributed by atoms with Crippen molar-refractivity contribution in [3.8, 4) is 0 Å². The number of nitrogens with one attached hydrogen (secondary N) is 1. The highest BCUT2D eigenvalue weighted by Crippen LogP contribution is 2.30. The number of anilines is 1. The summed E-state index contributed by atoms with van der Waals surface area (Å²) in [6.07, 6.45) is 0.625. The van der Waals surface area contributed by atoms with Crippen LogP contribution in [-0.2, 0) is 20.7 Å². The fourth-order valence-electron chi connectivity index (χ4n) is 3.61. The molecule has 0 aliphatic rings. The third kappa shape index (κ3) is 4.33. The normalized spacial score (nSPS) is 11.9. The molecule has 31 heavy (non-hydrogen) atoms. The van der Waals surface area contributed by atoms with Crippen LogP contribution in [0, 0.1) is 0 Å². The molecular formula is C25H21NO5. The molecule has 4 rings (SSSR count). The summed E-state index contributed by atoms with van der Waals surface area (Å²) in [6, 6.07) is 18.2. The second kappa shape index (κ2) is 8.44. The van der Waals surface area contributed by atoms with Gasteiger partial charge >= 0.3 is 5.97 Å². The minimum Gasteiger partial charge on any atom is -0.464 e. The number of hydrogen-bond acceptors (Lipinski definition) is 5. The van der Waals surface area contributed by atoms with Crippen LogP contribution in [0.3, 0.4) is 0 Å². The molecule has 0 bridgehead atoms. The van der Waals surface area contributed by atoms with Crippen molar-refractivity contribution in [3.05, 3.63) is 78.1 Å². The third-order valence-corrected chi connectivity index (χ3v) is 5.04. The van der Waals surface area contributed by atoms with Gasteiger partial charge in [0, 0.05) is 29.1 Å². The van der Waals surface area contributed by atoms with Gasteiger partial charge < -0.3 is 14.5 Å². The van der Waals surface area contributed by atoms with Gasteiger partial charge in [-0.3, -0.25) is 14.4 Å². The number of hydrogen-bond donors (Lipinski definition) is 1. The van der Waals surface area contributed by atoms with E-state index in [1.807, 2.05) is 36.4 Å². The van der Waals surface area contributed by atoms with E-state index in [-0.39, 0.29) is 18.1 Å². The molecule has 1 atom stereocenters. The lowest BCUT2D eigenvalue weighted by molar-refractivity contribution is -0.145. The van der Waals surface area contributed by atoms with E-state index in [1.165, 1.54) is 6.92 Å². The molecule has 1 aromatic heterocycles. The Bertz CT molecular complexity index is 1290. The first kappa shape index (κ1) is 20.3. The second-order valence-corrected chi connectivity index (χ2v) is 7.35. The first-order valence-electron chi connectivity index (χ1n) is 9.91. The van der Waals surface area contributed by atoms with E-state index in [0.29, 0.717) is 16.8 Å². The first-order valence-corrected chi connectivity index (χ1v) is 9.91. The average molecular weight is 415 g/mol. The Morgan fingerprint density at radius 1 is 1.00 bits per heavy atom. The number of esters is 1. The highest BCUT2D eigenvalue weighted by molar-refractivity contribution is 6.08. The molecule has 0 saturated carbocycles. The van der Waals surface area contributed by atoms with E-state index >= 15 is 0 Å². The second-order valence-electron chi connectivity index (χ2n) is 7.35. The Morgan fingerprint density at radius 2 is 1.74 bits per heavy atom. The highest BCUT2D eigenvalue weighted by atomic mass is 16.5. The molecule has 1 N–H and O–H groups in total. The maximum absolute atomic E-state index is 12.6. The molecule has 0 aliphatic carbocycles. The largest absolute Gasteiger partial charge is 0.464 e. The lowest BCUT2D eigenvalue weighted by Gasteiger charge is -2.13. The zero-order chi connectivity index (χ0) is 22.0. The first-order chi connectivity index (χ1) is 14.9. The molecule has 6 heteroatoms. The van der Waals surface area contributed by atoms with Crippen molar-refractivity contribution in [2.75, 3.05) is 5.32 Å². The van der Waals surface area contributed by atoms with Crippen LogP contribution in [0.5, 0.6) is 0 Å². The molecule has 0 radical (unpaired) electrons. The van der Waals surface area contributed by atoms with Gasteiger partial charge in [-0.15, -0.1) is 0 Å². The predicted octanol–water partition coefficient (Wildman–Crippen LogP) is 4.90. The maximum atomic E-state index is 12.6. The number of ketones is 1. The van der Waals surface area contributed by atoms with Gasteiger partial charge in [0.1, 0.15) is 5.58 Å². The molecule has 1 amide bonds. The van der Waals surface area contributed by atoms with E-state index < -0.39 is 12.1 Å². The summed E-state index contributed by atoms with van der Waals surface area (Å²) in [5.74, 6) is -1.02. The van der Waals surface area contributed by atoms with E-state index in [0.717, 1.165) is 21.7 Å². The van der Waals surface area contributed by atoms with Crippen molar-refractivity contribution in [1.29, 1.82) is 0 Å². The molecule has 3 aromatic carbocycles. The topological polar surface area (TPSA) is 85.6 Å². The van der Waals surface area contributed by atoms with Crippen LogP contribution >= 0.6 is 0 Å². The van der Waals surface area contributed by atoms with Crippen molar-refractivity contribution in [2.45, 2.75) is 26.4 Å². The Labute approximate surface area is 178 Å². The Morgan fingerprint density at radius 3 is 2.48 bits per heavy atom. The standard InChI is InChI=1S/C25H21NO5/c1-15(25(29)18-7-10-20(11-8-18)26-16(2)27)31-23(28)13-19-14-30-22-12-9-17-5-3-4-6-21(17)24(19)22/h3-12,14-15H,13H2,1-2H3,(H,26,27)/t15-/m1/s1. The van der Waals surface area contributed by atoms with Crippen molar-refractivity contribution >= 4 is 45.1 Å². The number of carbonyl (C=O) groups excluding carboxylic acids is 3. The summed E-state index contributed by atoms with van der Waals surface area (Å²) in [5.41, 5.74) is 2.41. The summed E-state index contributed by atoms with van der Waals surface area (Å²) >= 11 is 0. The summed E-state index contributed by atoms with van der Waals surface area (Å²) in [4.78, 5) is 36.3. The minimum absolute atomic E-state index is 0.0000962. The van der Waals surface area contributed by atoms with Crippen LogP contribution in [0.25, 0.3) is 21.7 Å². The van der Waals surface area contributed by atoms with Gasteiger partial charge in [-0.05, 0) is 48.0 Å². The number of Topliss-reactive ketones (excluding diaryl/α,β-unsaturated/α-hetero) is 1. The number of fused-ring (bicyclic) bond motifs is 3. The Kier molecular flexibility index (Phi) is 5.54. The van der Waals surface area contributed by atoms with Gasteiger partial charge in [-0.1, -0.05) is 30.3 Å². The van der Waals surface area contributed by atoms with Crippen LogP contribution in [0.15, 0.2) is 71.3 Å². The molecule has 156 valence electrons. The van der Waals surface area contributed by atoms with Gasteiger partial charge in [0.05, 0.1) is 12.7 Å². The summed E-state index contributed by atoms with van der Waals surface area (Å²) in [5, 5.41) is 5.57. The number of rotatable bonds is 6. The minimum atomic E-state index is -0.936. The van der Waals surface area contributed by atoms with Gasteiger partial charge in [-0.2, -0.15) is 0 Å². The van der Waals surface area contributed by atoms with E-state index in [2.05, 4.69) is 5.32 Å². The molecule has 0 spiro atoms. The number of carbonyl (C=O) groups is 3. The maximum Gasteiger partial charge on any atom is 0.311 e. The summed E-state index contributed by atoms with van der Waals surface area (Å²) < 4.78 is 11.0. The van der Waals surface area contributed by atoms with Gasteiger partial charge in [0.25, 0.3) is 0 Å². The molecule has 0 aliphatic heterocycles. The molecule has 1 heterocycles. The number of benzene rings is 3. The predicted molar refractivity (Wildman–Crippen MR) is 118 cm³/mol. The molecule has 0 saturated heterocycles. The Balaban J connectivity index is 1.47. The third-order valence-electron chi connectivity index (χ3n) is 5.04. The molecular weight excluding hydrogens is 394 g/mol. The monoisotopic (exact) mass is 415 g/mol. The van der Waals surface area contributed by atoms with Crippen molar-refractivity contribution in [3.63, 3.8) is 0 Å². The molecule has 6 nitrogen and oxygen atoms in total. The van der Waals surface area contributed by atoms with Crippen molar-refractivity contribution in [1.82, 2.24) is 0 Å². The number of ether oxygens (including phenoxy) is 1. The van der Waals surface area contributed by atoms with Gasteiger partial charge in [-0.25, -0.2) is 0 Å². The quantitative estimate of drug-likeness (QED) is 0.358. The van der Waals surface area contributed by atoms with Crippen molar-refractivity contribution < 1.29 is 23.5 Å². The van der Waals surface area contributed by atoms with Crippen LogP contribution in [0.4, 0.5) is 5.69 Å². The smallest absolute Gasteiger partial charge is 0.311 e. The zero-order valence-electron chi connectivity index (χ0n) is 17.2. The van der Waals surface area contributed by atoms with Crippen LogP contribution in [0.1, 0.15) is 29.8 Å². The van der Waals surface area contributed by atoms with Crippen LogP contribution < -0.4 is 5.32 Å². The number of amides is 1. The Hall–Kier alpha value is -3.93. The molecule has 4 aromatic rings. The van der Waals surface area contributed by atoms with Crippen molar-refractivity contribution in [2.24, 2.45) is 0 Å². The lowest BCUT2D eigenvalue weighted by atomic mass is 10.0. The van der Waals surface area contributed by atoms with E-state index in [9.17, 15) is 14.4 Å². The summed E-state index contributed by atoms with van der Waals surface area (Å²) in [6.45, 7) is 2.96. The SMILES string of the molecule is CC(=O)Nc1ccc(C(=O)[C@@H](C)OC(=O)Cc2coc3ccc4ccccc4c23)cc1. The van der Waals surface area contributed by atoms with Gasteiger partial charge in [0.2, 0.25) is 11.7 Å². The fraction of sp³-hybridized carbons (Fsp3) is 0.160. The molecule has 0 unspecified atom stereocenters. The highest BCUT2D eigenvalue weighted by Gasteiger charge is 2.21. The number of furan rings is 1. The average Bonchev–Trinajstić information content (AvgIpc) is 3.16. The lowest BCUT2D eigenvalue weighted by Crippen LogP contribution is -2.25. The van der Waals surface area contributed by atoms with Crippen LogP contribution in [-0.4, -0.2) is 23.8 Å². The van der Waals surface area contributed by atoms with E-state index in [1.54, 1.807) is 37.5 Å². The molecule has 0 fully saturated rings. The van der Waals surface area contributed by atoms with Gasteiger partial charge in [0.15, 0.2) is 6.10 Å². The fourth-order valence-corrected chi connectivity index (χ4v) is 3.61. The van der Waals surface area contributed by atoms with E-state index in [4.69, 9.17) is 9.15 Å². The zero-order valence-corrected chi connectivity index (χ0v) is 17.2. The summed E-state index contributed by atoms with van der Waals surface area (Å²) in [7, 11) is 0.